The van der Waals surface area contributed by atoms with Crippen LogP contribution in [0, 0.1) is 0 Å². The van der Waals surface area contributed by atoms with Crippen molar-refractivity contribution in [1.82, 2.24) is 14.6 Å². The molecule has 1 amide bonds. The number of nitrogens with zero attached hydrogens (tertiary/aromatic N) is 2. The topological polar surface area (TPSA) is 88.6 Å². The number of hydrogen-bond donors (Lipinski definition) is 1. The first-order valence-corrected chi connectivity index (χ1v) is 7.71. The van der Waals surface area contributed by atoms with Crippen LogP contribution in [0.25, 0.3) is 0 Å². The molecular formula is C11H14ClN3O4S. The number of sulfonamides is 1. The van der Waals surface area contributed by atoms with Gasteiger partial charge >= 0.3 is 6.09 Å². The maximum absolute atomic E-state index is 12.4. The molecule has 1 unspecified atom stereocenters. The Hall–Kier alpha value is -1.38. The Morgan fingerprint density at radius 3 is 3.00 bits per heavy atom. The summed E-state index contributed by atoms with van der Waals surface area (Å²) in [5.74, 6) is 0. The summed E-state index contributed by atoms with van der Waals surface area (Å²) < 4.78 is 30.6. The molecule has 1 atom stereocenters. The van der Waals surface area contributed by atoms with E-state index < -0.39 is 16.1 Å². The van der Waals surface area contributed by atoms with Crippen LogP contribution in [0.1, 0.15) is 6.42 Å². The fraction of sp³-hybridized carbons (Fsp3) is 0.455. The van der Waals surface area contributed by atoms with Crippen LogP contribution in [0.5, 0.6) is 0 Å². The van der Waals surface area contributed by atoms with Gasteiger partial charge in [0.05, 0.1) is 12.0 Å². The third-order valence-electron chi connectivity index (χ3n) is 2.99. The van der Waals surface area contributed by atoms with E-state index in [4.69, 9.17) is 11.6 Å². The summed E-state index contributed by atoms with van der Waals surface area (Å²) in [4.78, 5) is 15.0. The van der Waals surface area contributed by atoms with E-state index >= 15 is 0 Å². The van der Waals surface area contributed by atoms with Crippen LogP contribution in [-0.4, -0.2) is 50.0 Å². The molecule has 0 radical (unpaired) electrons. The minimum atomic E-state index is -3.62. The molecule has 1 fully saturated rings. The van der Waals surface area contributed by atoms with Gasteiger partial charge < -0.3 is 10.1 Å². The van der Waals surface area contributed by atoms with E-state index in [9.17, 15) is 13.2 Å². The normalized spacial score (nSPS) is 19.8. The van der Waals surface area contributed by atoms with E-state index in [1.807, 2.05) is 0 Å². The number of ether oxygens (including phenoxy) is 1. The lowest BCUT2D eigenvalue weighted by Crippen LogP contribution is -2.38. The van der Waals surface area contributed by atoms with Crippen LogP contribution in [0.15, 0.2) is 23.2 Å². The van der Waals surface area contributed by atoms with Crippen molar-refractivity contribution >= 4 is 27.7 Å². The van der Waals surface area contributed by atoms with Crippen molar-refractivity contribution in [1.29, 1.82) is 0 Å². The predicted octanol–water partition coefficient (Wildman–Crippen LogP) is 0.854. The Morgan fingerprint density at radius 1 is 1.60 bits per heavy atom. The molecule has 1 aliphatic rings. The smallest absolute Gasteiger partial charge is 0.407 e. The number of aromatic nitrogens is 1. The lowest BCUT2D eigenvalue weighted by Gasteiger charge is -2.16. The van der Waals surface area contributed by atoms with Crippen molar-refractivity contribution < 1.29 is 17.9 Å². The molecule has 0 aromatic carbocycles. The van der Waals surface area contributed by atoms with Gasteiger partial charge in [-0.15, -0.1) is 0 Å². The maximum atomic E-state index is 12.4. The molecule has 20 heavy (non-hydrogen) atoms. The average Bonchev–Trinajstić information content (AvgIpc) is 2.87. The first kappa shape index (κ1) is 15.0. The summed E-state index contributed by atoms with van der Waals surface area (Å²) in [5.41, 5.74) is 0. The highest BCUT2D eigenvalue weighted by Gasteiger charge is 2.33. The molecule has 7 nitrogen and oxygen atoms in total. The van der Waals surface area contributed by atoms with Gasteiger partial charge in [0.2, 0.25) is 10.0 Å². The first-order valence-electron chi connectivity index (χ1n) is 5.89. The molecule has 0 aliphatic carbocycles. The number of carbonyl (C=O) groups excluding carboxylic acids is 1. The zero-order valence-corrected chi connectivity index (χ0v) is 12.3. The SMILES string of the molecule is COC(=O)NC1CCN(S(=O)(=O)c2ccnc(Cl)c2)C1. The standard InChI is InChI=1S/C11H14ClN3O4S/c1-19-11(16)14-8-3-5-15(7-8)20(17,18)9-2-4-13-10(12)6-9/h2,4,6,8H,3,5,7H2,1H3,(H,14,16). The number of amides is 1. The number of hydrogen-bond acceptors (Lipinski definition) is 5. The second kappa shape index (κ2) is 5.94. The summed E-state index contributed by atoms with van der Waals surface area (Å²) >= 11 is 5.71. The van der Waals surface area contributed by atoms with Crippen molar-refractivity contribution in [2.24, 2.45) is 0 Å². The summed E-state index contributed by atoms with van der Waals surface area (Å²) in [7, 11) is -2.36. The molecular weight excluding hydrogens is 306 g/mol. The zero-order valence-electron chi connectivity index (χ0n) is 10.7. The first-order chi connectivity index (χ1) is 9.43. The van der Waals surface area contributed by atoms with Gasteiger partial charge in [0.15, 0.2) is 0 Å². The summed E-state index contributed by atoms with van der Waals surface area (Å²) in [5, 5.41) is 2.71. The van der Waals surface area contributed by atoms with E-state index in [1.54, 1.807) is 0 Å². The van der Waals surface area contributed by atoms with Crippen LogP contribution in [-0.2, 0) is 14.8 Å². The van der Waals surface area contributed by atoms with Gasteiger partial charge in [0.25, 0.3) is 0 Å². The van der Waals surface area contributed by atoms with Crippen LogP contribution < -0.4 is 5.32 Å². The minimum absolute atomic E-state index is 0.0937. The highest BCUT2D eigenvalue weighted by Crippen LogP contribution is 2.22. The average molecular weight is 320 g/mol. The van der Waals surface area contributed by atoms with Gasteiger partial charge in [0, 0.05) is 25.3 Å². The van der Waals surface area contributed by atoms with Gasteiger partial charge in [-0.25, -0.2) is 18.2 Å². The van der Waals surface area contributed by atoms with Crippen LogP contribution >= 0.6 is 11.6 Å². The van der Waals surface area contributed by atoms with Gasteiger partial charge in [-0.2, -0.15) is 4.31 Å². The van der Waals surface area contributed by atoms with E-state index in [0.29, 0.717) is 13.0 Å². The van der Waals surface area contributed by atoms with Crippen LogP contribution in [0.4, 0.5) is 4.79 Å². The lowest BCUT2D eigenvalue weighted by atomic mass is 10.3. The highest BCUT2D eigenvalue weighted by molar-refractivity contribution is 7.89. The largest absolute Gasteiger partial charge is 0.453 e. The van der Waals surface area contributed by atoms with Crippen molar-refractivity contribution in [3.63, 3.8) is 0 Å². The number of rotatable bonds is 3. The molecule has 0 spiro atoms. The fourth-order valence-electron chi connectivity index (χ4n) is 1.98. The van der Waals surface area contributed by atoms with Crippen LogP contribution in [0.3, 0.4) is 0 Å². The fourth-order valence-corrected chi connectivity index (χ4v) is 3.74. The number of carbonyl (C=O) groups is 1. The molecule has 2 rings (SSSR count). The van der Waals surface area contributed by atoms with E-state index in [2.05, 4.69) is 15.0 Å². The Balaban J connectivity index is 2.11. The van der Waals surface area contributed by atoms with E-state index in [-0.39, 0.29) is 22.6 Å². The number of nitrogens with one attached hydrogen (secondary N) is 1. The van der Waals surface area contributed by atoms with Crippen molar-refractivity contribution in [3.05, 3.63) is 23.5 Å². The van der Waals surface area contributed by atoms with Crippen molar-refractivity contribution in [2.45, 2.75) is 17.4 Å². The number of methoxy groups -OCH3 is 1. The maximum Gasteiger partial charge on any atom is 0.407 e. The van der Waals surface area contributed by atoms with Gasteiger partial charge in [-0.05, 0) is 18.6 Å². The highest BCUT2D eigenvalue weighted by atomic mass is 35.5. The van der Waals surface area contributed by atoms with Crippen LogP contribution in [0.2, 0.25) is 5.15 Å². The van der Waals surface area contributed by atoms with Crippen molar-refractivity contribution in [2.75, 3.05) is 20.2 Å². The number of halogens is 1. The third-order valence-corrected chi connectivity index (χ3v) is 5.06. The summed E-state index contributed by atoms with van der Waals surface area (Å²) in [6.45, 7) is 0.536. The Kier molecular flexibility index (Phi) is 4.46. The van der Waals surface area contributed by atoms with Gasteiger partial charge in [0.1, 0.15) is 5.15 Å². The molecule has 1 saturated heterocycles. The molecule has 0 saturated carbocycles. The zero-order chi connectivity index (χ0) is 14.8. The quantitative estimate of drug-likeness (QED) is 0.835. The van der Waals surface area contributed by atoms with E-state index in [1.165, 1.54) is 29.7 Å². The van der Waals surface area contributed by atoms with Crippen molar-refractivity contribution in [3.8, 4) is 0 Å². The second-order valence-electron chi connectivity index (χ2n) is 4.30. The molecule has 0 bridgehead atoms. The van der Waals surface area contributed by atoms with Gasteiger partial charge in [-0.1, -0.05) is 11.6 Å². The molecule has 1 aromatic heterocycles. The third kappa shape index (κ3) is 3.20. The number of pyridine rings is 1. The Labute approximate surface area is 121 Å². The molecule has 9 heteroatoms. The van der Waals surface area contributed by atoms with E-state index in [0.717, 1.165) is 0 Å². The van der Waals surface area contributed by atoms with Gasteiger partial charge in [-0.3, -0.25) is 0 Å². The Bertz CT molecular complexity index is 607. The second-order valence-corrected chi connectivity index (χ2v) is 6.62. The monoisotopic (exact) mass is 319 g/mol. The molecule has 1 N–H and O–H groups in total. The minimum Gasteiger partial charge on any atom is -0.453 e. The molecule has 1 aromatic rings. The summed E-state index contributed by atoms with van der Waals surface area (Å²) in [6, 6.07) is 2.44. The Morgan fingerprint density at radius 2 is 2.35 bits per heavy atom. The lowest BCUT2D eigenvalue weighted by molar-refractivity contribution is 0.167. The molecule has 1 aliphatic heterocycles. The predicted molar refractivity (Wildman–Crippen MR) is 72.0 cm³/mol. The number of alkyl carbamates (subject to hydrolysis) is 1. The molecule has 2 heterocycles. The summed E-state index contributed by atoms with van der Waals surface area (Å²) in [6.07, 6.45) is 1.31. The molecule has 110 valence electrons.